The highest BCUT2D eigenvalue weighted by Crippen LogP contribution is 2.38. The molecule has 5 nitrogen and oxygen atoms in total. The highest BCUT2D eigenvalue weighted by Gasteiger charge is 2.33. The Morgan fingerprint density at radius 3 is 2.69 bits per heavy atom. The Hall–Kier alpha value is -2.79. The third kappa shape index (κ3) is 2.65. The number of nitrogens with one attached hydrogen (secondary N) is 1. The second kappa shape index (κ2) is 6.50. The van der Waals surface area contributed by atoms with Gasteiger partial charge >= 0.3 is 5.97 Å². The van der Waals surface area contributed by atoms with Gasteiger partial charge in [-0.1, -0.05) is 35.9 Å². The molecule has 1 aliphatic rings. The van der Waals surface area contributed by atoms with Gasteiger partial charge in [0.15, 0.2) is 0 Å². The number of hydrogen-bond donors (Lipinski definition) is 1. The van der Waals surface area contributed by atoms with Gasteiger partial charge in [-0.05, 0) is 43.7 Å². The maximum atomic E-state index is 12.7. The van der Waals surface area contributed by atoms with Crippen molar-refractivity contribution in [2.45, 2.75) is 19.9 Å². The van der Waals surface area contributed by atoms with Crippen LogP contribution in [0.5, 0.6) is 0 Å². The molecule has 132 valence electrons. The van der Waals surface area contributed by atoms with Crippen molar-refractivity contribution in [2.75, 3.05) is 11.9 Å². The summed E-state index contributed by atoms with van der Waals surface area (Å²) in [5.41, 5.74) is 4.13. The highest BCUT2D eigenvalue weighted by molar-refractivity contribution is 6.30. The van der Waals surface area contributed by atoms with Crippen LogP contribution >= 0.6 is 11.6 Å². The molecule has 0 amide bonds. The molecule has 0 spiro atoms. The van der Waals surface area contributed by atoms with Crippen molar-refractivity contribution in [3.8, 4) is 0 Å². The molecule has 26 heavy (non-hydrogen) atoms. The van der Waals surface area contributed by atoms with Crippen molar-refractivity contribution >= 4 is 40.2 Å². The van der Waals surface area contributed by atoms with Crippen molar-refractivity contribution in [2.24, 2.45) is 0 Å². The highest BCUT2D eigenvalue weighted by atomic mass is 35.5. The number of rotatable bonds is 3. The Kier molecular flexibility index (Phi) is 4.17. The van der Waals surface area contributed by atoms with Gasteiger partial charge in [0.25, 0.3) is 0 Å². The van der Waals surface area contributed by atoms with Gasteiger partial charge in [-0.3, -0.25) is 4.57 Å². The number of ether oxygens (including phenoxy) is 1. The van der Waals surface area contributed by atoms with Crippen LogP contribution in [0.15, 0.2) is 54.1 Å². The lowest BCUT2D eigenvalue weighted by molar-refractivity contribution is -0.138. The maximum absolute atomic E-state index is 12.7. The molecular weight excluding hydrogens is 350 g/mol. The SMILES string of the molecule is CCOC(=O)C1=C(C)n2c(nc3ccccc32)NC1c1ccc(Cl)cc1. The Morgan fingerprint density at radius 2 is 1.96 bits per heavy atom. The summed E-state index contributed by atoms with van der Waals surface area (Å²) in [4.78, 5) is 17.4. The monoisotopic (exact) mass is 367 g/mol. The molecule has 0 bridgehead atoms. The Morgan fingerprint density at radius 1 is 1.23 bits per heavy atom. The summed E-state index contributed by atoms with van der Waals surface area (Å²) in [7, 11) is 0. The minimum absolute atomic E-state index is 0.320. The molecule has 1 unspecified atom stereocenters. The number of carbonyl (C=O) groups excluding carboxylic acids is 1. The molecule has 4 rings (SSSR count). The summed E-state index contributed by atoms with van der Waals surface area (Å²) < 4.78 is 7.30. The number of nitrogens with zero attached hydrogens (tertiary/aromatic N) is 2. The molecule has 1 N–H and O–H groups in total. The molecule has 0 saturated carbocycles. The minimum atomic E-state index is -0.351. The van der Waals surface area contributed by atoms with E-state index >= 15 is 0 Å². The topological polar surface area (TPSA) is 56.2 Å². The lowest BCUT2D eigenvalue weighted by atomic mass is 9.95. The van der Waals surface area contributed by atoms with Gasteiger partial charge in [0.1, 0.15) is 0 Å². The lowest BCUT2D eigenvalue weighted by Crippen LogP contribution is -2.28. The average Bonchev–Trinajstić information content (AvgIpc) is 3.01. The fourth-order valence-electron chi connectivity index (χ4n) is 3.37. The molecule has 0 saturated heterocycles. The molecule has 0 fully saturated rings. The molecule has 1 aromatic heterocycles. The first-order chi connectivity index (χ1) is 12.6. The van der Waals surface area contributed by atoms with E-state index in [9.17, 15) is 4.79 Å². The van der Waals surface area contributed by atoms with E-state index < -0.39 is 0 Å². The number of allylic oxidation sites excluding steroid dienone is 1. The van der Waals surface area contributed by atoms with Crippen LogP contribution in [-0.4, -0.2) is 22.1 Å². The largest absolute Gasteiger partial charge is 0.463 e. The summed E-state index contributed by atoms with van der Waals surface area (Å²) in [6.45, 7) is 4.05. The molecule has 3 aromatic rings. The number of carbonyl (C=O) groups is 1. The van der Waals surface area contributed by atoms with E-state index in [-0.39, 0.29) is 12.0 Å². The van der Waals surface area contributed by atoms with Gasteiger partial charge < -0.3 is 10.1 Å². The number of halogens is 1. The number of benzene rings is 2. The summed E-state index contributed by atoms with van der Waals surface area (Å²) >= 11 is 6.02. The number of esters is 1. The van der Waals surface area contributed by atoms with Crippen molar-refractivity contribution in [3.63, 3.8) is 0 Å². The van der Waals surface area contributed by atoms with Crippen LogP contribution < -0.4 is 5.32 Å². The predicted molar refractivity (Wildman–Crippen MR) is 103 cm³/mol. The van der Waals surface area contributed by atoms with Crippen molar-refractivity contribution in [1.82, 2.24) is 9.55 Å². The van der Waals surface area contributed by atoms with Crippen LogP contribution in [0.25, 0.3) is 16.7 Å². The van der Waals surface area contributed by atoms with Gasteiger partial charge in [0.05, 0.1) is 29.3 Å². The smallest absolute Gasteiger partial charge is 0.338 e. The minimum Gasteiger partial charge on any atom is -0.463 e. The fraction of sp³-hybridized carbons (Fsp3) is 0.200. The standard InChI is InChI=1S/C20H18ClN3O2/c1-3-26-19(25)17-12(2)24-16-7-5-4-6-15(16)22-20(24)23-18(17)13-8-10-14(21)11-9-13/h4-11,18H,3H2,1-2H3,(H,22,23). The van der Waals surface area contributed by atoms with Crippen LogP contribution in [0, 0.1) is 0 Å². The van der Waals surface area contributed by atoms with Gasteiger partial charge in [-0.2, -0.15) is 0 Å². The second-order valence-electron chi connectivity index (χ2n) is 6.11. The van der Waals surface area contributed by atoms with Crippen LogP contribution in [0.2, 0.25) is 5.02 Å². The molecule has 2 heterocycles. The van der Waals surface area contributed by atoms with E-state index in [1.807, 2.05) is 60.0 Å². The first-order valence-electron chi connectivity index (χ1n) is 8.48. The quantitative estimate of drug-likeness (QED) is 0.684. The van der Waals surface area contributed by atoms with E-state index in [1.54, 1.807) is 6.92 Å². The van der Waals surface area contributed by atoms with Crippen molar-refractivity contribution < 1.29 is 9.53 Å². The first kappa shape index (κ1) is 16.7. The van der Waals surface area contributed by atoms with Gasteiger partial charge in [-0.25, -0.2) is 9.78 Å². The second-order valence-corrected chi connectivity index (χ2v) is 6.54. The van der Waals surface area contributed by atoms with E-state index in [4.69, 9.17) is 16.3 Å². The first-order valence-corrected chi connectivity index (χ1v) is 8.85. The predicted octanol–water partition coefficient (Wildman–Crippen LogP) is 4.65. The number of imidazole rings is 1. The fourth-order valence-corrected chi connectivity index (χ4v) is 3.50. The molecule has 0 radical (unpaired) electrons. The van der Waals surface area contributed by atoms with Crippen LogP contribution in [0.3, 0.4) is 0 Å². The Labute approximate surface area is 156 Å². The van der Waals surface area contributed by atoms with Gasteiger partial charge in [-0.15, -0.1) is 0 Å². The number of hydrogen-bond acceptors (Lipinski definition) is 4. The Balaban J connectivity index is 1.92. The summed E-state index contributed by atoms with van der Waals surface area (Å²) in [5.74, 6) is 0.373. The number of anilines is 1. The number of fused-ring (bicyclic) bond motifs is 3. The maximum Gasteiger partial charge on any atom is 0.338 e. The summed E-state index contributed by atoms with van der Waals surface area (Å²) in [6, 6.07) is 14.9. The summed E-state index contributed by atoms with van der Waals surface area (Å²) in [6.07, 6.45) is 0. The normalized spacial score (nSPS) is 16.3. The van der Waals surface area contributed by atoms with Crippen molar-refractivity contribution in [1.29, 1.82) is 0 Å². The summed E-state index contributed by atoms with van der Waals surface area (Å²) in [5, 5.41) is 4.04. The van der Waals surface area contributed by atoms with Crippen LogP contribution in [0.4, 0.5) is 5.95 Å². The van der Waals surface area contributed by atoms with E-state index in [0.29, 0.717) is 23.2 Å². The van der Waals surface area contributed by atoms with E-state index in [0.717, 1.165) is 22.3 Å². The third-order valence-corrected chi connectivity index (χ3v) is 4.80. The van der Waals surface area contributed by atoms with E-state index in [2.05, 4.69) is 10.3 Å². The molecular formula is C20H18ClN3O2. The van der Waals surface area contributed by atoms with E-state index in [1.165, 1.54) is 0 Å². The third-order valence-electron chi connectivity index (χ3n) is 4.55. The zero-order valence-corrected chi connectivity index (χ0v) is 15.2. The molecule has 1 aliphatic heterocycles. The zero-order chi connectivity index (χ0) is 18.3. The zero-order valence-electron chi connectivity index (χ0n) is 14.5. The van der Waals surface area contributed by atoms with Crippen LogP contribution in [0.1, 0.15) is 25.5 Å². The average molecular weight is 368 g/mol. The number of para-hydroxylation sites is 2. The Bertz CT molecular complexity index is 1020. The lowest BCUT2D eigenvalue weighted by Gasteiger charge is -2.29. The molecule has 6 heteroatoms. The van der Waals surface area contributed by atoms with Crippen LogP contribution in [-0.2, 0) is 9.53 Å². The van der Waals surface area contributed by atoms with Gasteiger partial charge in [0, 0.05) is 10.7 Å². The molecule has 0 aliphatic carbocycles. The molecule has 1 atom stereocenters. The molecule has 2 aromatic carbocycles. The van der Waals surface area contributed by atoms with Crippen molar-refractivity contribution in [3.05, 3.63) is 64.7 Å². The number of aromatic nitrogens is 2. The van der Waals surface area contributed by atoms with Gasteiger partial charge in [0.2, 0.25) is 5.95 Å².